The lowest BCUT2D eigenvalue weighted by molar-refractivity contribution is -0.223. The minimum absolute atomic E-state index is 0.0207. The van der Waals surface area contributed by atoms with E-state index in [-0.39, 0.29) is 33.6 Å². The van der Waals surface area contributed by atoms with Crippen LogP contribution in [0.2, 0.25) is 0 Å². The molecule has 4 rings (SSSR count). The predicted molar refractivity (Wildman–Crippen MR) is 140 cm³/mol. The zero-order chi connectivity index (χ0) is 28.6. The van der Waals surface area contributed by atoms with Crippen molar-refractivity contribution in [2.45, 2.75) is 58.7 Å². The molecule has 39 heavy (non-hydrogen) atoms. The normalized spacial score (nSPS) is 21.0. The number of nitrogens with one attached hydrogen (secondary N) is 1. The summed E-state index contributed by atoms with van der Waals surface area (Å²) >= 11 is 0. The van der Waals surface area contributed by atoms with Crippen molar-refractivity contribution in [3.05, 3.63) is 69.1 Å². The van der Waals surface area contributed by atoms with Crippen molar-refractivity contribution in [1.29, 1.82) is 0 Å². The van der Waals surface area contributed by atoms with Crippen molar-refractivity contribution in [1.82, 2.24) is 0 Å². The van der Waals surface area contributed by atoms with Gasteiger partial charge in [-0.15, -0.1) is 0 Å². The number of hydrogen-bond donors (Lipinski definition) is 5. The Balaban J connectivity index is 1.62. The minimum atomic E-state index is -1.69. The number of allylic oxidation sites excluding steroid dienone is 2. The molecule has 1 aliphatic heterocycles. The van der Waals surface area contributed by atoms with Gasteiger partial charge >= 0.3 is 5.63 Å². The smallest absolute Gasteiger partial charge is 0.364 e. The molecule has 1 aliphatic rings. The molecule has 3 aromatic rings. The van der Waals surface area contributed by atoms with Gasteiger partial charge in [-0.2, -0.15) is 0 Å². The number of amides is 1. The highest BCUT2D eigenvalue weighted by atomic mass is 16.7. The van der Waals surface area contributed by atoms with Crippen molar-refractivity contribution >= 4 is 28.3 Å². The van der Waals surface area contributed by atoms with E-state index in [1.807, 2.05) is 19.9 Å². The number of aryl methyl sites for hydroxylation is 1. The first kappa shape index (κ1) is 27.8. The van der Waals surface area contributed by atoms with Gasteiger partial charge in [0.15, 0.2) is 17.2 Å². The number of ketones is 1. The van der Waals surface area contributed by atoms with Crippen LogP contribution in [-0.4, -0.2) is 56.7 Å². The molecule has 11 heteroatoms. The predicted octanol–water partition coefficient (Wildman–Crippen LogP) is 2.69. The van der Waals surface area contributed by atoms with Crippen molar-refractivity contribution < 1.29 is 43.9 Å². The summed E-state index contributed by atoms with van der Waals surface area (Å²) in [6.07, 6.45) is -3.44. The summed E-state index contributed by atoms with van der Waals surface area (Å²) in [5.41, 5.74) is 0.426. The molecular formula is C28H29NO10. The fourth-order valence-electron chi connectivity index (χ4n) is 4.12. The third-order valence-electron chi connectivity index (χ3n) is 6.43. The summed E-state index contributed by atoms with van der Waals surface area (Å²) in [4.78, 5) is 37.5. The maximum absolute atomic E-state index is 12.9. The molecule has 2 aromatic carbocycles. The van der Waals surface area contributed by atoms with Crippen LogP contribution in [0, 0.1) is 6.92 Å². The Morgan fingerprint density at radius 2 is 1.85 bits per heavy atom. The molecule has 206 valence electrons. The van der Waals surface area contributed by atoms with Crippen LogP contribution in [0.4, 0.5) is 5.69 Å². The molecule has 1 fully saturated rings. The number of fused-ring (bicyclic) bond motifs is 1. The summed E-state index contributed by atoms with van der Waals surface area (Å²) < 4.78 is 16.4. The van der Waals surface area contributed by atoms with Crippen molar-refractivity contribution in [2.24, 2.45) is 0 Å². The van der Waals surface area contributed by atoms with Gasteiger partial charge in [0.05, 0.1) is 5.39 Å². The van der Waals surface area contributed by atoms with E-state index in [4.69, 9.17) is 13.9 Å². The summed E-state index contributed by atoms with van der Waals surface area (Å²) in [6.45, 7) is 6.76. The lowest BCUT2D eigenvalue weighted by Gasteiger charge is -2.34. The number of aliphatic hydroxyl groups excluding tert-OH is 2. The van der Waals surface area contributed by atoms with E-state index in [9.17, 15) is 34.8 Å². The second-order valence-electron chi connectivity index (χ2n) is 9.56. The molecule has 5 N–H and O–H groups in total. The van der Waals surface area contributed by atoms with Gasteiger partial charge < -0.3 is 39.6 Å². The molecule has 0 aliphatic carbocycles. The summed E-state index contributed by atoms with van der Waals surface area (Å²) in [6, 6.07) is 7.05. The number of phenolic OH excluding ortho intramolecular Hbond substituents is 1. The zero-order valence-electron chi connectivity index (χ0n) is 21.7. The van der Waals surface area contributed by atoms with Crippen molar-refractivity contribution in [3.8, 4) is 17.2 Å². The first-order valence-corrected chi connectivity index (χ1v) is 12.2. The number of anilines is 1. The quantitative estimate of drug-likeness (QED) is 0.231. The number of hydrogen-bond acceptors (Lipinski definition) is 10. The summed E-state index contributed by atoms with van der Waals surface area (Å²) in [5, 5.41) is 43.6. The summed E-state index contributed by atoms with van der Waals surface area (Å²) in [5.74, 6) is -1.78. The van der Waals surface area contributed by atoms with Gasteiger partial charge in [0.25, 0.3) is 5.91 Å². The minimum Gasteiger partial charge on any atom is -0.508 e. The third-order valence-corrected chi connectivity index (χ3v) is 6.43. The molecule has 0 bridgehead atoms. The zero-order valence-corrected chi connectivity index (χ0v) is 21.7. The average molecular weight is 540 g/mol. The molecule has 0 saturated carbocycles. The van der Waals surface area contributed by atoms with Gasteiger partial charge in [-0.1, -0.05) is 11.6 Å². The van der Waals surface area contributed by atoms with Gasteiger partial charge in [-0.05, 0) is 70.0 Å². The van der Waals surface area contributed by atoms with Crippen LogP contribution in [-0.2, 0) is 16.0 Å². The molecule has 0 spiro atoms. The van der Waals surface area contributed by atoms with Crippen LogP contribution >= 0.6 is 0 Å². The molecule has 1 saturated heterocycles. The standard InChI is InChI=1S/C28H29NO10/c1-12(2)5-6-15-11-16(7-9-18(15)30)26(35)29-20-22(32)17-8-10-19(13(3)25(17)39-27(20)36)38-28-24(34)23(33)21(31)14(4)37-28/h5,7-11,14,23-24,28,30,32-34H,6H2,1-4H3,(H,29,35)/t14-,23+,24-,28+/m1/s1. The maximum Gasteiger partial charge on any atom is 0.364 e. The number of aliphatic hydroxyl groups is 2. The van der Waals surface area contributed by atoms with E-state index in [0.29, 0.717) is 12.0 Å². The SMILES string of the molecule is CC(C)=CCc1cc(C(=O)Nc2c(O)c3ccc(O[C@@H]4O[C@H](C)C(=O)[C@H](O)[C@H]4O)c(C)c3oc2=O)ccc1O. The number of rotatable bonds is 6. The number of ether oxygens (including phenoxy) is 2. The monoisotopic (exact) mass is 539 g/mol. The number of benzene rings is 2. The highest BCUT2D eigenvalue weighted by Gasteiger charge is 2.43. The lowest BCUT2D eigenvalue weighted by atomic mass is 10.0. The fraction of sp³-hybridized carbons (Fsp3) is 0.321. The topological polar surface area (TPSA) is 176 Å². The van der Waals surface area contributed by atoms with Gasteiger partial charge in [0.1, 0.15) is 35.4 Å². The molecule has 1 amide bonds. The molecule has 0 radical (unpaired) electrons. The second kappa shape index (κ2) is 10.9. The highest BCUT2D eigenvalue weighted by molar-refractivity contribution is 6.06. The highest BCUT2D eigenvalue weighted by Crippen LogP contribution is 2.36. The first-order valence-electron chi connectivity index (χ1n) is 12.2. The van der Waals surface area contributed by atoms with Gasteiger partial charge in [0.2, 0.25) is 6.29 Å². The Labute approximate surface area is 222 Å². The first-order chi connectivity index (χ1) is 18.4. The maximum atomic E-state index is 12.9. The van der Waals surface area contributed by atoms with Gasteiger partial charge in [-0.3, -0.25) is 9.59 Å². The van der Waals surface area contributed by atoms with Crippen LogP contribution in [0.3, 0.4) is 0 Å². The number of carbonyl (C=O) groups excluding carboxylic acids is 2. The number of Topliss-reactive ketones (excluding diaryl/α,β-unsaturated/α-hetero) is 1. The van der Waals surface area contributed by atoms with Gasteiger partial charge in [-0.25, -0.2) is 4.79 Å². The third kappa shape index (κ3) is 5.51. The number of carbonyl (C=O) groups is 2. The van der Waals surface area contributed by atoms with Crippen LogP contribution in [0.15, 0.2) is 51.2 Å². The fourth-order valence-corrected chi connectivity index (χ4v) is 4.12. The number of aromatic hydroxyl groups is 2. The van der Waals surface area contributed by atoms with Crippen molar-refractivity contribution in [2.75, 3.05) is 5.32 Å². The Bertz CT molecular complexity index is 1540. The van der Waals surface area contributed by atoms with E-state index in [1.54, 1.807) is 0 Å². The molecule has 11 nitrogen and oxygen atoms in total. The Kier molecular flexibility index (Phi) is 7.77. The molecule has 2 heterocycles. The summed E-state index contributed by atoms with van der Waals surface area (Å²) in [7, 11) is 0. The average Bonchev–Trinajstić information content (AvgIpc) is 2.89. The molecule has 4 atom stereocenters. The molecular weight excluding hydrogens is 510 g/mol. The Hall–Kier alpha value is -4.19. The van der Waals surface area contributed by atoms with E-state index in [0.717, 1.165) is 5.57 Å². The van der Waals surface area contributed by atoms with Crippen molar-refractivity contribution in [3.63, 3.8) is 0 Å². The van der Waals surface area contributed by atoms with Crippen LogP contribution in [0.25, 0.3) is 11.0 Å². The number of phenols is 1. The Morgan fingerprint density at radius 3 is 2.54 bits per heavy atom. The van der Waals surface area contributed by atoms with E-state index < -0.39 is 53.4 Å². The van der Waals surface area contributed by atoms with Crippen LogP contribution < -0.4 is 15.7 Å². The Morgan fingerprint density at radius 1 is 1.13 bits per heavy atom. The van der Waals surface area contributed by atoms with Gasteiger partial charge in [0, 0.05) is 11.1 Å². The van der Waals surface area contributed by atoms with E-state index in [2.05, 4.69) is 5.32 Å². The molecule has 1 aromatic heterocycles. The molecule has 0 unspecified atom stereocenters. The second-order valence-corrected chi connectivity index (χ2v) is 9.56. The van der Waals surface area contributed by atoms with E-state index in [1.165, 1.54) is 44.2 Å². The lowest BCUT2D eigenvalue weighted by Crippen LogP contribution is -2.56. The van der Waals surface area contributed by atoms with E-state index >= 15 is 0 Å². The largest absolute Gasteiger partial charge is 0.508 e. The van der Waals surface area contributed by atoms with Crippen LogP contribution in [0.1, 0.15) is 42.3 Å². The van der Waals surface area contributed by atoms with Crippen LogP contribution in [0.5, 0.6) is 17.2 Å².